The number of benzene rings is 1. The van der Waals surface area contributed by atoms with E-state index < -0.39 is 4.92 Å². The summed E-state index contributed by atoms with van der Waals surface area (Å²) < 4.78 is 0.676. The van der Waals surface area contributed by atoms with E-state index in [9.17, 15) is 14.9 Å². The third-order valence-corrected chi connectivity index (χ3v) is 3.82. The van der Waals surface area contributed by atoms with Gasteiger partial charge in [0.25, 0.3) is 5.69 Å². The number of rotatable bonds is 6. The van der Waals surface area contributed by atoms with E-state index in [1.54, 1.807) is 6.07 Å². The van der Waals surface area contributed by atoms with Crippen LogP contribution in [0.5, 0.6) is 0 Å². The second kappa shape index (κ2) is 6.62. The Labute approximate surface area is 123 Å². The van der Waals surface area contributed by atoms with E-state index >= 15 is 0 Å². The van der Waals surface area contributed by atoms with Crippen LogP contribution in [0.1, 0.15) is 19.3 Å². The van der Waals surface area contributed by atoms with Crippen LogP contribution < -0.4 is 5.32 Å². The maximum absolute atomic E-state index is 11.6. The van der Waals surface area contributed by atoms with Crippen molar-refractivity contribution < 1.29 is 9.72 Å². The van der Waals surface area contributed by atoms with Gasteiger partial charge in [0.15, 0.2) is 5.13 Å². The van der Waals surface area contributed by atoms with Crippen LogP contribution in [-0.4, -0.2) is 21.7 Å². The fraction of sp³-hybridized carbons (Fsp3) is 0.333. The summed E-state index contributed by atoms with van der Waals surface area (Å²) in [6, 6.07) is 4.43. The number of carbonyl (C=O) groups is 1. The van der Waals surface area contributed by atoms with Crippen LogP contribution in [0.2, 0.25) is 0 Å². The summed E-state index contributed by atoms with van der Waals surface area (Å²) in [6.07, 6.45) is 1.91. The van der Waals surface area contributed by atoms with Gasteiger partial charge in [0, 0.05) is 24.4 Å². The molecule has 2 rings (SSSR count). The number of fused-ring (bicyclic) bond motifs is 1. The molecule has 0 atom stereocenters. The number of alkyl halides is 1. The van der Waals surface area contributed by atoms with E-state index in [-0.39, 0.29) is 11.6 Å². The van der Waals surface area contributed by atoms with Crippen molar-refractivity contribution in [2.24, 2.45) is 0 Å². The van der Waals surface area contributed by atoms with E-state index in [0.717, 1.165) is 12.8 Å². The molecule has 0 saturated heterocycles. The third kappa shape index (κ3) is 3.64. The molecule has 1 N–H and O–H groups in total. The van der Waals surface area contributed by atoms with Gasteiger partial charge in [0.1, 0.15) is 0 Å². The Balaban J connectivity index is 2.08. The number of halogens is 1. The molecular weight excluding hydrogens is 302 g/mol. The molecular formula is C12H12ClN3O3S. The molecule has 1 heterocycles. The summed E-state index contributed by atoms with van der Waals surface area (Å²) in [5.41, 5.74) is 0.651. The highest BCUT2D eigenvalue weighted by atomic mass is 35.5. The quantitative estimate of drug-likeness (QED) is 0.382. The number of anilines is 1. The molecule has 106 valence electrons. The normalized spacial score (nSPS) is 10.7. The number of nitro benzene ring substituents is 1. The number of carbonyl (C=O) groups excluding carboxylic acids is 1. The molecule has 0 aliphatic rings. The average molecular weight is 314 g/mol. The first-order valence-corrected chi connectivity index (χ1v) is 7.36. The number of hydrogen-bond acceptors (Lipinski definition) is 5. The first kappa shape index (κ1) is 14.7. The van der Waals surface area contributed by atoms with Crippen LogP contribution in [0.25, 0.3) is 10.2 Å². The molecule has 0 fully saturated rings. The Hall–Kier alpha value is -1.73. The van der Waals surface area contributed by atoms with Gasteiger partial charge < -0.3 is 5.32 Å². The Morgan fingerprint density at radius 1 is 1.45 bits per heavy atom. The molecule has 6 nitrogen and oxygen atoms in total. The number of nitrogens with one attached hydrogen (secondary N) is 1. The van der Waals surface area contributed by atoms with Gasteiger partial charge in [0.2, 0.25) is 5.91 Å². The number of unbranched alkanes of at least 4 members (excludes halogenated alkanes) is 1. The minimum Gasteiger partial charge on any atom is -0.302 e. The number of nitrogens with zero attached hydrogens (tertiary/aromatic N) is 2. The van der Waals surface area contributed by atoms with Crippen molar-refractivity contribution in [2.75, 3.05) is 11.2 Å². The third-order valence-electron chi connectivity index (χ3n) is 2.62. The predicted molar refractivity (Wildman–Crippen MR) is 79.5 cm³/mol. The number of nitro groups is 1. The van der Waals surface area contributed by atoms with Crippen LogP contribution in [0.3, 0.4) is 0 Å². The van der Waals surface area contributed by atoms with E-state index in [2.05, 4.69) is 10.3 Å². The van der Waals surface area contributed by atoms with E-state index in [1.807, 2.05) is 0 Å². The lowest BCUT2D eigenvalue weighted by Gasteiger charge is -1.99. The van der Waals surface area contributed by atoms with Gasteiger partial charge in [-0.05, 0) is 18.9 Å². The van der Waals surface area contributed by atoms with Crippen LogP contribution in [0, 0.1) is 10.1 Å². The largest absolute Gasteiger partial charge is 0.302 e. The van der Waals surface area contributed by atoms with E-state index in [1.165, 1.54) is 23.5 Å². The van der Waals surface area contributed by atoms with Crippen LogP contribution >= 0.6 is 22.9 Å². The minimum atomic E-state index is -0.455. The molecule has 0 bridgehead atoms. The minimum absolute atomic E-state index is 0.0149. The first-order valence-electron chi connectivity index (χ1n) is 6.01. The SMILES string of the molecule is O=C(CCCCCl)Nc1nc2ccc([N+](=O)[O-])cc2s1. The summed E-state index contributed by atoms with van der Waals surface area (Å²) in [5.74, 6) is 0.418. The maximum atomic E-state index is 11.6. The second-order valence-electron chi connectivity index (χ2n) is 4.12. The molecule has 8 heteroatoms. The van der Waals surface area contributed by atoms with Crippen LogP contribution in [0.4, 0.5) is 10.8 Å². The topological polar surface area (TPSA) is 85.1 Å². The lowest BCUT2D eigenvalue weighted by molar-refractivity contribution is -0.384. The first-order chi connectivity index (χ1) is 9.60. The van der Waals surface area contributed by atoms with Crippen molar-refractivity contribution in [1.82, 2.24) is 4.98 Å². The number of non-ortho nitro benzene ring substituents is 1. The van der Waals surface area contributed by atoms with Crippen LogP contribution in [0.15, 0.2) is 18.2 Å². The average Bonchev–Trinajstić information content (AvgIpc) is 2.79. The van der Waals surface area contributed by atoms with E-state index in [0.29, 0.717) is 27.6 Å². The molecule has 1 aromatic heterocycles. The zero-order valence-electron chi connectivity index (χ0n) is 10.5. The molecule has 0 radical (unpaired) electrons. The zero-order chi connectivity index (χ0) is 14.5. The summed E-state index contributed by atoms with van der Waals surface area (Å²) >= 11 is 6.76. The smallest absolute Gasteiger partial charge is 0.270 e. The Morgan fingerprint density at radius 3 is 2.95 bits per heavy atom. The Bertz CT molecular complexity index is 644. The van der Waals surface area contributed by atoms with Gasteiger partial charge in [-0.3, -0.25) is 14.9 Å². The Morgan fingerprint density at radius 2 is 2.25 bits per heavy atom. The standard InChI is InChI=1S/C12H12ClN3O3S/c13-6-2-1-3-11(17)15-12-14-9-5-4-8(16(18)19)7-10(9)20-12/h4-5,7H,1-3,6H2,(H,14,15,17). The van der Waals surface area contributed by atoms with Crippen molar-refractivity contribution >= 4 is 49.9 Å². The Kier molecular flexibility index (Phi) is 4.86. The fourth-order valence-electron chi connectivity index (χ4n) is 1.64. The van der Waals surface area contributed by atoms with Crippen molar-refractivity contribution in [3.8, 4) is 0 Å². The second-order valence-corrected chi connectivity index (χ2v) is 5.53. The van der Waals surface area contributed by atoms with Gasteiger partial charge >= 0.3 is 0 Å². The molecule has 20 heavy (non-hydrogen) atoms. The summed E-state index contributed by atoms with van der Waals surface area (Å²) in [6.45, 7) is 0. The number of aromatic nitrogens is 1. The van der Waals surface area contributed by atoms with Crippen molar-refractivity contribution in [3.63, 3.8) is 0 Å². The molecule has 1 aromatic carbocycles. The highest BCUT2D eigenvalue weighted by molar-refractivity contribution is 7.22. The van der Waals surface area contributed by atoms with Gasteiger partial charge in [-0.2, -0.15) is 0 Å². The lowest BCUT2D eigenvalue weighted by Crippen LogP contribution is -2.10. The fourth-order valence-corrected chi connectivity index (χ4v) is 2.75. The lowest BCUT2D eigenvalue weighted by atomic mass is 10.2. The van der Waals surface area contributed by atoms with Crippen LogP contribution in [-0.2, 0) is 4.79 Å². The molecule has 0 aliphatic carbocycles. The number of hydrogen-bond donors (Lipinski definition) is 1. The number of thiazole rings is 1. The molecule has 0 saturated carbocycles. The molecule has 2 aromatic rings. The molecule has 1 amide bonds. The van der Waals surface area contributed by atoms with Gasteiger partial charge in [-0.1, -0.05) is 11.3 Å². The number of amides is 1. The highest BCUT2D eigenvalue weighted by Crippen LogP contribution is 2.29. The van der Waals surface area contributed by atoms with E-state index in [4.69, 9.17) is 11.6 Å². The van der Waals surface area contributed by atoms with Crippen molar-refractivity contribution in [1.29, 1.82) is 0 Å². The monoisotopic (exact) mass is 313 g/mol. The van der Waals surface area contributed by atoms with Crippen molar-refractivity contribution in [3.05, 3.63) is 28.3 Å². The molecule has 0 aliphatic heterocycles. The summed E-state index contributed by atoms with van der Waals surface area (Å²) in [4.78, 5) is 26.1. The summed E-state index contributed by atoms with van der Waals surface area (Å²) in [5, 5.41) is 13.8. The maximum Gasteiger partial charge on any atom is 0.270 e. The van der Waals surface area contributed by atoms with Gasteiger partial charge in [-0.25, -0.2) is 4.98 Å². The van der Waals surface area contributed by atoms with Crippen molar-refractivity contribution in [2.45, 2.75) is 19.3 Å². The van der Waals surface area contributed by atoms with Gasteiger partial charge in [-0.15, -0.1) is 11.6 Å². The zero-order valence-corrected chi connectivity index (χ0v) is 12.0. The molecule has 0 spiro atoms. The van der Waals surface area contributed by atoms with Gasteiger partial charge in [0.05, 0.1) is 15.1 Å². The highest BCUT2D eigenvalue weighted by Gasteiger charge is 2.11. The predicted octanol–water partition coefficient (Wildman–Crippen LogP) is 3.55. The molecule has 0 unspecified atom stereocenters. The summed E-state index contributed by atoms with van der Waals surface area (Å²) in [7, 11) is 0.